The maximum atomic E-state index is 11.4. The van der Waals surface area contributed by atoms with Crippen molar-refractivity contribution in [3.05, 3.63) is 0 Å². The molecule has 0 heterocycles. The van der Waals surface area contributed by atoms with Gasteiger partial charge in [-0.3, -0.25) is 4.21 Å². The lowest BCUT2D eigenvalue weighted by atomic mass is 10.5. The number of nitrogens with zero attached hydrogens (tertiary/aromatic N) is 1. The molecule has 0 rings (SSSR count). The Kier molecular flexibility index (Phi) is 4.11. The summed E-state index contributed by atoms with van der Waals surface area (Å²) in [6, 6.07) is 1.54. The van der Waals surface area contributed by atoms with Crippen molar-refractivity contribution in [1.82, 2.24) is 0 Å². The second-order valence-corrected chi connectivity index (χ2v) is 3.39. The SMILES string of the molecule is N#CCS(=O)CCC(F)(F)F. The highest BCUT2D eigenvalue weighted by Crippen LogP contribution is 2.19. The molecule has 1 atom stereocenters. The van der Waals surface area contributed by atoms with Crippen molar-refractivity contribution < 1.29 is 17.4 Å². The number of rotatable bonds is 3. The number of nitriles is 1. The van der Waals surface area contributed by atoms with Gasteiger partial charge in [0.15, 0.2) is 0 Å². The van der Waals surface area contributed by atoms with Gasteiger partial charge in [-0.15, -0.1) is 0 Å². The van der Waals surface area contributed by atoms with Gasteiger partial charge in [0.2, 0.25) is 0 Å². The van der Waals surface area contributed by atoms with E-state index in [0.29, 0.717) is 0 Å². The molecule has 0 aromatic carbocycles. The van der Waals surface area contributed by atoms with E-state index in [0.717, 1.165) is 0 Å². The number of alkyl halides is 3. The molecule has 0 fully saturated rings. The Labute approximate surface area is 64.5 Å². The molecule has 6 heteroatoms. The van der Waals surface area contributed by atoms with Crippen LogP contribution in [0.4, 0.5) is 13.2 Å². The zero-order valence-electron chi connectivity index (χ0n) is 5.52. The van der Waals surface area contributed by atoms with E-state index in [1.165, 1.54) is 6.07 Å². The molecule has 0 aromatic rings. The fourth-order valence-electron chi connectivity index (χ4n) is 0.374. The van der Waals surface area contributed by atoms with Crippen LogP contribution in [0.15, 0.2) is 0 Å². The summed E-state index contributed by atoms with van der Waals surface area (Å²) in [5.41, 5.74) is 0. The summed E-state index contributed by atoms with van der Waals surface area (Å²) in [6.07, 6.45) is -5.35. The minimum absolute atomic E-state index is 0.323. The monoisotopic (exact) mass is 185 g/mol. The predicted octanol–water partition coefficient (Wildman–Crippen LogP) is 1.21. The van der Waals surface area contributed by atoms with Crippen molar-refractivity contribution in [1.29, 1.82) is 5.26 Å². The van der Waals surface area contributed by atoms with E-state index in [1.54, 1.807) is 0 Å². The molecule has 0 N–H and O–H groups in total. The maximum Gasteiger partial charge on any atom is 0.390 e. The third-order valence-corrected chi connectivity index (χ3v) is 1.95. The Hall–Kier alpha value is -0.570. The second-order valence-electron chi connectivity index (χ2n) is 1.81. The third kappa shape index (κ3) is 7.33. The average Bonchev–Trinajstić information content (AvgIpc) is 1.83. The molecule has 0 aliphatic heterocycles. The lowest BCUT2D eigenvalue weighted by Gasteiger charge is -2.03. The van der Waals surface area contributed by atoms with Crippen LogP contribution in [0.25, 0.3) is 0 Å². The van der Waals surface area contributed by atoms with Crippen LogP contribution in [0.3, 0.4) is 0 Å². The Bertz CT molecular complexity index is 183. The average molecular weight is 185 g/mol. The fraction of sp³-hybridized carbons (Fsp3) is 0.800. The third-order valence-electron chi connectivity index (χ3n) is 0.839. The number of halogens is 3. The Morgan fingerprint density at radius 2 is 2.00 bits per heavy atom. The molecule has 0 saturated carbocycles. The molecular weight excluding hydrogens is 179 g/mol. The summed E-state index contributed by atoms with van der Waals surface area (Å²) < 4.78 is 44.8. The van der Waals surface area contributed by atoms with E-state index in [-0.39, 0.29) is 5.75 Å². The summed E-state index contributed by atoms with van der Waals surface area (Å²) in [5, 5.41) is 7.94. The largest absolute Gasteiger partial charge is 0.390 e. The first-order chi connectivity index (χ1) is 4.95. The summed E-state index contributed by atoms with van der Waals surface area (Å²) >= 11 is 0. The highest BCUT2D eigenvalue weighted by molar-refractivity contribution is 7.85. The van der Waals surface area contributed by atoms with Crippen LogP contribution in [0.5, 0.6) is 0 Å². The van der Waals surface area contributed by atoms with Gasteiger partial charge in [0.25, 0.3) is 0 Å². The fourth-order valence-corrected chi connectivity index (χ4v) is 1.12. The first-order valence-corrected chi connectivity index (χ1v) is 4.23. The van der Waals surface area contributed by atoms with Crippen LogP contribution in [0.2, 0.25) is 0 Å². The van der Waals surface area contributed by atoms with Crippen molar-refractivity contribution in [2.45, 2.75) is 12.6 Å². The Morgan fingerprint density at radius 1 is 1.45 bits per heavy atom. The summed E-state index contributed by atoms with van der Waals surface area (Å²) in [5.74, 6) is -0.798. The lowest BCUT2D eigenvalue weighted by molar-refractivity contribution is -0.129. The first-order valence-electron chi connectivity index (χ1n) is 2.74. The highest BCUT2D eigenvalue weighted by Gasteiger charge is 2.27. The van der Waals surface area contributed by atoms with Crippen molar-refractivity contribution in [2.24, 2.45) is 0 Å². The van der Waals surface area contributed by atoms with Crippen LogP contribution in [-0.4, -0.2) is 21.9 Å². The van der Waals surface area contributed by atoms with Crippen molar-refractivity contribution in [3.63, 3.8) is 0 Å². The van der Waals surface area contributed by atoms with E-state index in [9.17, 15) is 17.4 Å². The van der Waals surface area contributed by atoms with Crippen molar-refractivity contribution >= 4 is 10.8 Å². The Balaban J connectivity index is 3.57. The van der Waals surface area contributed by atoms with Gasteiger partial charge in [-0.2, -0.15) is 18.4 Å². The first kappa shape index (κ1) is 10.4. The standard InChI is InChI=1S/C5H6F3NOS/c6-5(7,8)1-3-11(10)4-2-9/h1,3-4H2. The van der Waals surface area contributed by atoms with Gasteiger partial charge in [-0.25, -0.2) is 0 Å². The molecule has 0 amide bonds. The van der Waals surface area contributed by atoms with Crippen molar-refractivity contribution in [3.8, 4) is 6.07 Å². The summed E-state index contributed by atoms with van der Waals surface area (Å²) in [4.78, 5) is 0. The van der Waals surface area contributed by atoms with E-state index in [1.807, 2.05) is 0 Å². The van der Waals surface area contributed by atoms with Crippen molar-refractivity contribution in [2.75, 3.05) is 11.5 Å². The van der Waals surface area contributed by atoms with Crippen LogP contribution >= 0.6 is 0 Å². The second kappa shape index (κ2) is 4.34. The van der Waals surface area contributed by atoms with Crippen LogP contribution in [0.1, 0.15) is 6.42 Å². The smallest absolute Gasteiger partial charge is 0.259 e. The molecule has 1 unspecified atom stereocenters. The molecular formula is C5H6F3NOS. The van der Waals surface area contributed by atoms with Crippen LogP contribution in [-0.2, 0) is 10.8 Å². The van der Waals surface area contributed by atoms with Gasteiger partial charge >= 0.3 is 6.18 Å². The number of hydrogen-bond donors (Lipinski definition) is 0. The normalized spacial score (nSPS) is 14.0. The highest BCUT2D eigenvalue weighted by atomic mass is 32.2. The van der Waals surface area contributed by atoms with Gasteiger partial charge in [0.05, 0.1) is 12.5 Å². The van der Waals surface area contributed by atoms with Gasteiger partial charge in [-0.1, -0.05) is 0 Å². The minimum atomic E-state index is -4.27. The minimum Gasteiger partial charge on any atom is -0.259 e. The lowest BCUT2D eigenvalue weighted by Crippen LogP contribution is -2.13. The van der Waals surface area contributed by atoms with Gasteiger partial charge < -0.3 is 0 Å². The molecule has 0 aliphatic carbocycles. The molecule has 0 radical (unpaired) electrons. The Morgan fingerprint density at radius 3 is 2.36 bits per heavy atom. The predicted molar refractivity (Wildman–Crippen MR) is 34.2 cm³/mol. The maximum absolute atomic E-state index is 11.4. The van der Waals surface area contributed by atoms with E-state index in [2.05, 4.69) is 0 Å². The topological polar surface area (TPSA) is 40.9 Å². The molecule has 2 nitrogen and oxygen atoms in total. The molecule has 11 heavy (non-hydrogen) atoms. The number of hydrogen-bond acceptors (Lipinski definition) is 2. The van der Waals surface area contributed by atoms with Gasteiger partial charge in [0.1, 0.15) is 5.75 Å². The summed E-state index contributed by atoms with van der Waals surface area (Å²) in [6.45, 7) is 0. The van der Waals surface area contributed by atoms with Crippen LogP contribution in [0, 0.1) is 11.3 Å². The quantitative estimate of drug-likeness (QED) is 0.663. The molecule has 0 bridgehead atoms. The molecule has 0 aliphatic rings. The van der Waals surface area contributed by atoms with Crippen LogP contribution < -0.4 is 0 Å². The van der Waals surface area contributed by atoms with Gasteiger partial charge in [-0.05, 0) is 0 Å². The van der Waals surface area contributed by atoms with E-state index < -0.39 is 29.1 Å². The van der Waals surface area contributed by atoms with E-state index in [4.69, 9.17) is 5.26 Å². The zero-order chi connectivity index (χ0) is 8.91. The molecule has 0 saturated heterocycles. The van der Waals surface area contributed by atoms with E-state index >= 15 is 0 Å². The molecule has 64 valence electrons. The molecule has 0 aromatic heterocycles. The summed E-state index contributed by atoms with van der Waals surface area (Å²) in [7, 11) is -1.65. The zero-order valence-corrected chi connectivity index (χ0v) is 6.34. The van der Waals surface area contributed by atoms with Gasteiger partial charge in [0, 0.05) is 16.6 Å². The molecule has 0 spiro atoms.